The van der Waals surface area contributed by atoms with Crippen LogP contribution in [0.15, 0.2) is 23.4 Å². The summed E-state index contributed by atoms with van der Waals surface area (Å²) in [5.74, 6) is 0.604. The molecule has 0 radical (unpaired) electrons. The Kier molecular flexibility index (Phi) is 3.01. The van der Waals surface area contributed by atoms with Crippen LogP contribution in [0.5, 0.6) is 0 Å². The minimum absolute atomic E-state index is 0.113. The summed E-state index contributed by atoms with van der Waals surface area (Å²) < 4.78 is 23.6. The second-order valence-electron chi connectivity index (χ2n) is 3.15. The van der Waals surface area contributed by atoms with Crippen LogP contribution in [0.25, 0.3) is 0 Å². The van der Waals surface area contributed by atoms with Crippen molar-refractivity contribution in [2.75, 3.05) is 0 Å². The molecule has 1 heterocycles. The molecule has 6 heteroatoms. The Morgan fingerprint density at radius 1 is 1.71 bits per heavy atom. The summed E-state index contributed by atoms with van der Waals surface area (Å²) in [6.07, 6.45) is 1.41. The number of halogens is 1. The number of aromatic nitrogens is 2. The quantitative estimate of drug-likeness (QED) is 0.591. The van der Waals surface area contributed by atoms with Crippen molar-refractivity contribution in [3.8, 4) is 0 Å². The fourth-order valence-electron chi connectivity index (χ4n) is 1.05. The molecule has 4 nitrogen and oxygen atoms in total. The van der Waals surface area contributed by atoms with Gasteiger partial charge in [0.25, 0.3) is 9.05 Å². The van der Waals surface area contributed by atoms with Gasteiger partial charge in [-0.3, -0.25) is 0 Å². The summed E-state index contributed by atoms with van der Waals surface area (Å²) in [7, 11) is 1.42. The van der Waals surface area contributed by atoms with E-state index in [4.69, 9.17) is 10.7 Å². The highest BCUT2D eigenvalue weighted by atomic mass is 35.7. The predicted molar refractivity (Wildman–Crippen MR) is 54.8 cm³/mol. The van der Waals surface area contributed by atoms with E-state index in [1.54, 1.807) is 11.5 Å². The number of hydrogen-bond acceptors (Lipinski definition) is 3. The molecular weight excluding hydrogens is 224 g/mol. The largest absolute Gasteiger partial charge is 0.330 e. The van der Waals surface area contributed by atoms with Crippen LogP contribution in [0, 0.1) is 6.92 Å². The summed E-state index contributed by atoms with van der Waals surface area (Å²) in [4.78, 5) is 3.84. The second kappa shape index (κ2) is 3.74. The van der Waals surface area contributed by atoms with Crippen molar-refractivity contribution in [1.82, 2.24) is 9.55 Å². The highest BCUT2D eigenvalue weighted by Crippen LogP contribution is 2.14. The zero-order valence-electron chi connectivity index (χ0n) is 7.99. The van der Waals surface area contributed by atoms with E-state index in [0.717, 1.165) is 5.57 Å². The molecule has 0 unspecified atom stereocenters. The number of allylic oxidation sites excluding steroid dienone is 1. The zero-order chi connectivity index (χ0) is 10.9. The summed E-state index contributed by atoms with van der Waals surface area (Å²) in [5.41, 5.74) is 0.920. The fourth-order valence-corrected chi connectivity index (χ4v) is 1.76. The van der Waals surface area contributed by atoms with Crippen molar-refractivity contribution in [2.45, 2.75) is 25.4 Å². The lowest BCUT2D eigenvalue weighted by Crippen LogP contribution is -1.99. The van der Waals surface area contributed by atoms with E-state index in [1.807, 2.05) is 6.92 Å². The maximum Gasteiger partial charge on any atom is 0.280 e. The third-order valence-electron chi connectivity index (χ3n) is 1.64. The van der Waals surface area contributed by atoms with Crippen molar-refractivity contribution >= 4 is 19.7 Å². The molecule has 0 bridgehead atoms. The number of aryl methyl sites for hydroxylation is 1. The van der Waals surface area contributed by atoms with E-state index in [1.165, 1.54) is 6.20 Å². The molecule has 1 rings (SSSR count). The van der Waals surface area contributed by atoms with Crippen LogP contribution < -0.4 is 0 Å². The molecular formula is C8H11ClN2O2S. The van der Waals surface area contributed by atoms with Gasteiger partial charge in [0.05, 0.1) is 0 Å². The summed E-state index contributed by atoms with van der Waals surface area (Å²) >= 11 is 0. The van der Waals surface area contributed by atoms with Gasteiger partial charge in [-0.2, -0.15) is 0 Å². The van der Waals surface area contributed by atoms with E-state index < -0.39 is 9.05 Å². The molecule has 0 N–H and O–H groups in total. The zero-order valence-corrected chi connectivity index (χ0v) is 9.56. The molecule has 0 spiro atoms. The van der Waals surface area contributed by atoms with Gasteiger partial charge in [-0.25, -0.2) is 13.4 Å². The molecule has 1 aromatic rings. The number of nitrogens with zero attached hydrogens (tertiary/aromatic N) is 2. The Labute approximate surface area is 87.6 Å². The maximum atomic E-state index is 11.0. The summed E-state index contributed by atoms with van der Waals surface area (Å²) in [6.45, 7) is 7.85. The highest BCUT2D eigenvalue weighted by molar-refractivity contribution is 8.13. The third-order valence-corrected chi connectivity index (χ3v) is 2.81. The first kappa shape index (κ1) is 11.3. The van der Waals surface area contributed by atoms with E-state index >= 15 is 0 Å². The molecule has 14 heavy (non-hydrogen) atoms. The Bertz CT molecular complexity index is 462. The van der Waals surface area contributed by atoms with Gasteiger partial charge in [0, 0.05) is 23.4 Å². The average Bonchev–Trinajstić information content (AvgIpc) is 2.30. The van der Waals surface area contributed by atoms with Gasteiger partial charge in [-0.1, -0.05) is 12.2 Å². The molecule has 0 aromatic carbocycles. The van der Waals surface area contributed by atoms with Gasteiger partial charge in [0.15, 0.2) is 5.03 Å². The third kappa shape index (κ3) is 2.59. The van der Waals surface area contributed by atoms with Gasteiger partial charge in [0.1, 0.15) is 5.82 Å². The van der Waals surface area contributed by atoms with E-state index in [9.17, 15) is 8.42 Å². The first-order valence-corrected chi connectivity index (χ1v) is 6.24. The number of hydrogen-bond donors (Lipinski definition) is 0. The average molecular weight is 235 g/mol. The Balaban J connectivity index is 3.12. The van der Waals surface area contributed by atoms with Gasteiger partial charge in [-0.05, 0) is 13.8 Å². The van der Waals surface area contributed by atoms with Crippen molar-refractivity contribution in [1.29, 1.82) is 0 Å². The fraction of sp³-hybridized carbons (Fsp3) is 0.375. The van der Waals surface area contributed by atoms with Gasteiger partial charge in [0.2, 0.25) is 0 Å². The first-order chi connectivity index (χ1) is 6.30. The van der Waals surface area contributed by atoms with Crippen LogP contribution in [0.2, 0.25) is 0 Å². The lowest BCUT2D eigenvalue weighted by Gasteiger charge is -2.02. The first-order valence-electron chi connectivity index (χ1n) is 3.93. The monoisotopic (exact) mass is 234 g/mol. The van der Waals surface area contributed by atoms with Gasteiger partial charge in [-0.15, -0.1) is 0 Å². The number of imidazole rings is 1. The molecule has 1 aromatic heterocycles. The Morgan fingerprint density at radius 3 is 2.64 bits per heavy atom. The molecule has 0 saturated carbocycles. The summed E-state index contributed by atoms with van der Waals surface area (Å²) in [6, 6.07) is 0. The van der Waals surface area contributed by atoms with Crippen molar-refractivity contribution in [2.24, 2.45) is 0 Å². The topological polar surface area (TPSA) is 52.0 Å². The molecule has 0 aliphatic rings. The molecule has 0 saturated heterocycles. The van der Waals surface area contributed by atoms with E-state index in [0.29, 0.717) is 12.4 Å². The second-order valence-corrected chi connectivity index (χ2v) is 5.66. The molecule has 0 aliphatic carbocycles. The standard InChI is InChI=1S/C8H11ClN2O2S/c1-6(2)4-11-5-8(10-7(11)3)14(9,12)13/h5H,1,4H2,2-3H3. The van der Waals surface area contributed by atoms with Crippen molar-refractivity contribution in [3.05, 3.63) is 24.2 Å². The lowest BCUT2D eigenvalue weighted by atomic mass is 10.3. The molecule has 0 atom stereocenters. The van der Waals surface area contributed by atoms with Crippen LogP contribution >= 0.6 is 10.7 Å². The van der Waals surface area contributed by atoms with Crippen LogP contribution in [0.4, 0.5) is 0 Å². The molecule has 0 aliphatic heterocycles. The van der Waals surface area contributed by atoms with E-state index in [2.05, 4.69) is 11.6 Å². The molecule has 0 amide bonds. The Morgan fingerprint density at radius 2 is 2.29 bits per heavy atom. The number of rotatable bonds is 3. The molecule has 0 fully saturated rings. The van der Waals surface area contributed by atoms with Crippen LogP contribution in [-0.2, 0) is 15.6 Å². The van der Waals surface area contributed by atoms with Gasteiger partial charge < -0.3 is 4.57 Å². The lowest BCUT2D eigenvalue weighted by molar-refractivity contribution is 0.606. The van der Waals surface area contributed by atoms with Crippen LogP contribution in [-0.4, -0.2) is 18.0 Å². The van der Waals surface area contributed by atoms with Crippen molar-refractivity contribution < 1.29 is 8.42 Å². The maximum absolute atomic E-state index is 11.0. The van der Waals surface area contributed by atoms with Gasteiger partial charge >= 0.3 is 0 Å². The van der Waals surface area contributed by atoms with E-state index in [-0.39, 0.29) is 5.03 Å². The summed E-state index contributed by atoms with van der Waals surface area (Å²) in [5, 5.41) is -0.113. The molecule has 78 valence electrons. The predicted octanol–water partition coefficient (Wildman–Crippen LogP) is 1.70. The normalized spacial score (nSPS) is 11.6. The minimum atomic E-state index is -3.73. The van der Waals surface area contributed by atoms with Crippen LogP contribution in [0.3, 0.4) is 0 Å². The Hall–Kier alpha value is -0.810. The SMILES string of the molecule is C=C(C)Cn1cc(S(=O)(=O)Cl)nc1C. The smallest absolute Gasteiger partial charge is 0.280 e. The van der Waals surface area contributed by atoms with Crippen molar-refractivity contribution in [3.63, 3.8) is 0 Å². The van der Waals surface area contributed by atoms with Crippen LogP contribution in [0.1, 0.15) is 12.7 Å². The minimum Gasteiger partial charge on any atom is -0.330 e. The highest BCUT2D eigenvalue weighted by Gasteiger charge is 2.15.